The van der Waals surface area contributed by atoms with Crippen molar-refractivity contribution in [3.8, 4) is 0 Å². The van der Waals surface area contributed by atoms with Gasteiger partial charge >= 0.3 is 0 Å². The van der Waals surface area contributed by atoms with Gasteiger partial charge in [0.15, 0.2) is 0 Å². The van der Waals surface area contributed by atoms with Crippen LogP contribution >= 0.6 is 0 Å². The Morgan fingerprint density at radius 2 is 1.89 bits per heavy atom. The molecule has 0 aromatic heterocycles. The van der Waals surface area contributed by atoms with Gasteiger partial charge in [0.05, 0.1) is 0 Å². The standard InChI is InChI=1S/C15H17F2NO/c1-11(2)14-15(16,17)9-8-13(19)18(14)10-12-6-4-3-5-7-12/h3-9,11,14H,10H2,1-2H3/t14-/m0/s1. The van der Waals surface area contributed by atoms with Gasteiger partial charge in [-0.1, -0.05) is 44.2 Å². The molecule has 0 N–H and O–H groups in total. The second kappa shape index (κ2) is 5.11. The highest BCUT2D eigenvalue weighted by atomic mass is 19.3. The van der Waals surface area contributed by atoms with Crippen molar-refractivity contribution >= 4 is 5.91 Å². The van der Waals surface area contributed by atoms with E-state index in [1.54, 1.807) is 13.8 Å². The van der Waals surface area contributed by atoms with Crippen molar-refractivity contribution < 1.29 is 13.6 Å². The lowest BCUT2D eigenvalue weighted by molar-refractivity contribution is -0.143. The molecule has 19 heavy (non-hydrogen) atoms. The van der Waals surface area contributed by atoms with Crippen LogP contribution in [0.1, 0.15) is 19.4 Å². The van der Waals surface area contributed by atoms with Crippen molar-refractivity contribution in [1.29, 1.82) is 0 Å². The van der Waals surface area contributed by atoms with Gasteiger partial charge in [0.1, 0.15) is 6.04 Å². The van der Waals surface area contributed by atoms with Crippen LogP contribution in [0.5, 0.6) is 0 Å². The Bertz CT molecular complexity index is 482. The van der Waals surface area contributed by atoms with Crippen LogP contribution in [0.25, 0.3) is 0 Å². The predicted molar refractivity (Wildman–Crippen MR) is 69.7 cm³/mol. The molecule has 1 aromatic rings. The Morgan fingerprint density at radius 3 is 2.47 bits per heavy atom. The van der Waals surface area contributed by atoms with Crippen molar-refractivity contribution in [3.63, 3.8) is 0 Å². The molecule has 0 spiro atoms. The molecule has 2 rings (SSSR count). The van der Waals surface area contributed by atoms with Crippen LogP contribution in [0.3, 0.4) is 0 Å². The molecule has 0 saturated heterocycles. The van der Waals surface area contributed by atoms with E-state index in [-0.39, 0.29) is 18.4 Å². The van der Waals surface area contributed by atoms with E-state index in [2.05, 4.69) is 0 Å². The minimum Gasteiger partial charge on any atom is -0.325 e. The first-order valence-corrected chi connectivity index (χ1v) is 6.33. The summed E-state index contributed by atoms with van der Waals surface area (Å²) >= 11 is 0. The zero-order valence-electron chi connectivity index (χ0n) is 11.0. The maximum Gasteiger partial charge on any atom is 0.287 e. The molecule has 2 nitrogen and oxygen atoms in total. The number of amides is 1. The molecule has 0 radical (unpaired) electrons. The third-order valence-corrected chi connectivity index (χ3v) is 3.29. The van der Waals surface area contributed by atoms with Gasteiger partial charge in [0, 0.05) is 12.6 Å². The minimum atomic E-state index is -2.98. The molecule has 1 aromatic carbocycles. The fourth-order valence-electron chi connectivity index (χ4n) is 2.48. The fraction of sp³-hybridized carbons (Fsp3) is 0.400. The van der Waals surface area contributed by atoms with Gasteiger partial charge < -0.3 is 4.90 Å². The average molecular weight is 265 g/mol. The Hall–Kier alpha value is -1.71. The molecular weight excluding hydrogens is 248 g/mol. The molecule has 1 heterocycles. The van der Waals surface area contributed by atoms with Crippen molar-refractivity contribution in [2.75, 3.05) is 0 Å². The number of carbonyl (C=O) groups is 1. The van der Waals surface area contributed by atoms with E-state index >= 15 is 0 Å². The predicted octanol–water partition coefficient (Wildman–Crippen LogP) is 3.24. The first-order valence-electron chi connectivity index (χ1n) is 6.33. The van der Waals surface area contributed by atoms with E-state index in [9.17, 15) is 13.6 Å². The number of carbonyl (C=O) groups excluding carboxylic acids is 1. The first kappa shape index (κ1) is 13.7. The van der Waals surface area contributed by atoms with Crippen molar-refractivity contribution in [1.82, 2.24) is 4.90 Å². The van der Waals surface area contributed by atoms with E-state index in [0.29, 0.717) is 0 Å². The minimum absolute atomic E-state index is 0.211. The smallest absolute Gasteiger partial charge is 0.287 e. The summed E-state index contributed by atoms with van der Waals surface area (Å²) in [5.41, 5.74) is 0.854. The number of hydrogen-bond donors (Lipinski definition) is 0. The Morgan fingerprint density at radius 1 is 1.26 bits per heavy atom. The topological polar surface area (TPSA) is 20.3 Å². The Labute approximate surface area is 111 Å². The van der Waals surface area contributed by atoms with E-state index in [1.165, 1.54) is 4.90 Å². The highest BCUT2D eigenvalue weighted by Gasteiger charge is 2.47. The lowest BCUT2D eigenvalue weighted by Gasteiger charge is -2.40. The summed E-state index contributed by atoms with van der Waals surface area (Å²) in [6, 6.07) is 8.10. The summed E-state index contributed by atoms with van der Waals surface area (Å²) in [4.78, 5) is 13.2. The summed E-state index contributed by atoms with van der Waals surface area (Å²) in [7, 11) is 0. The van der Waals surface area contributed by atoms with Gasteiger partial charge in [-0.3, -0.25) is 4.79 Å². The van der Waals surface area contributed by atoms with E-state index in [4.69, 9.17) is 0 Å². The zero-order valence-corrected chi connectivity index (χ0v) is 11.0. The van der Waals surface area contributed by atoms with Gasteiger partial charge in [0.25, 0.3) is 5.92 Å². The normalized spacial score (nSPS) is 22.1. The largest absolute Gasteiger partial charge is 0.325 e. The molecule has 1 atom stereocenters. The highest BCUT2D eigenvalue weighted by molar-refractivity contribution is 5.89. The van der Waals surface area contributed by atoms with Crippen molar-refractivity contribution in [3.05, 3.63) is 48.0 Å². The summed E-state index contributed by atoms with van der Waals surface area (Å²) in [5, 5.41) is 0. The average Bonchev–Trinajstić information content (AvgIpc) is 2.34. The van der Waals surface area contributed by atoms with Crippen LogP contribution in [0.2, 0.25) is 0 Å². The van der Waals surface area contributed by atoms with E-state index in [0.717, 1.165) is 17.7 Å². The van der Waals surface area contributed by atoms with Crippen molar-refractivity contribution in [2.24, 2.45) is 5.92 Å². The first-order chi connectivity index (χ1) is 8.92. The number of hydrogen-bond acceptors (Lipinski definition) is 1. The third-order valence-electron chi connectivity index (χ3n) is 3.29. The van der Waals surface area contributed by atoms with Crippen molar-refractivity contribution in [2.45, 2.75) is 32.4 Å². The molecular formula is C15H17F2NO. The Balaban J connectivity index is 2.30. The van der Waals surface area contributed by atoms with E-state index < -0.39 is 12.0 Å². The van der Waals surface area contributed by atoms with Crippen LogP contribution in [0.4, 0.5) is 8.78 Å². The molecule has 0 fully saturated rings. The molecule has 0 saturated carbocycles. The van der Waals surface area contributed by atoms with Gasteiger partial charge in [-0.05, 0) is 17.6 Å². The van der Waals surface area contributed by atoms with Gasteiger partial charge in [-0.25, -0.2) is 0 Å². The SMILES string of the molecule is CC(C)[C@@H]1N(Cc2ccccc2)C(=O)C=CC1(F)F. The second-order valence-electron chi connectivity index (χ2n) is 5.15. The summed E-state index contributed by atoms with van der Waals surface area (Å²) in [6.07, 6.45) is 1.70. The zero-order chi connectivity index (χ0) is 14.0. The number of nitrogens with zero attached hydrogens (tertiary/aromatic N) is 1. The number of halogens is 2. The number of rotatable bonds is 3. The molecule has 0 bridgehead atoms. The van der Waals surface area contributed by atoms with Gasteiger partial charge in [-0.2, -0.15) is 8.78 Å². The van der Waals surface area contributed by atoms with Crippen LogP contribution in [-0.2, 0) is 11.3 Å². The monoisotopic (exact) mass is 265 g/mol. The van der Waals surface area contributed by atoms with E-state index in [1.807, 2.05) is 30.3 Å². The van der Waals surface area contributed by atoms with Crippen LogP contribution < -0.4 is 0 Å². The maximum atomic E-state index is 14.0. The molecule has 0 unspecified atom stereocenters. The molecule has 1 aliphatic heterocycles. The summed E-state index contributed by atoms with van der Waals surface area (Å²) in [6.45, 7) is 3.63. The number of benzene rings is 1. The lowest BCUT2D eigenvalue weighted by atomic mass is 9.92. The van der Waals surface area contributed by atoms with Crippen LogP contribution in [0, 0.1) is 5.92 Å². The van der Waals surface area contributed by atoms with Crippen LogP contribution in [-0.4, -0.2) is 22.8 Å². The second-order valence-corrected chi connectivity index (χ2v) is 5.15. The molecule has 1 aliphatic rings. The van der Waals surface area contributed by atoms with Gasteiger partial charge in [-0.15, -0.1) is 0 Å². The molecule has 0 aliphatic carbocycles. The lowest BCUT2D eigenvalue weighted by Crippen LogP contribution is -2.54. The number of alkyl halides is 2. The molecule has 4 heteroatoms. The molecule has 102 valence electrons. The fourth-order valence-corrected chi connectivity index (χ4v) is 2.48. The third kappa shape index (κ3) is 2.83. The maximum absolute atomic E-state index is 14.0. The quantitative estimate of drug-likeness (QED) is 0.821. The highest BCUT2D eigenvalue weighted by Crippen LogP contribution is 2.34. The molecule has 1 amide bonds. The van der Waals surface area contributed by atoms with Gasteiger partial charge in [0.2, 0.25) is 5.91 Å². The Kier molecular flexibility index (Phi) is 3.69. The summed E-state index contributed by atoms with van der Waals surface area (Å²) in [5.74, 6) is -3.64. The van der Waals surface area contributed by atoms with Crippen LogP contribution in [0.15, 0.2) is 42.5 Å². The summed E-state index contributed by atoms with van der Waals surface area (Å²) < 4.78 is 27.9.